The molecule has 0 radical (unpaired) electrons. The Morgan fingerprint density at radius 1 is 1.19 bits per heavy atom. The van der Waals surface area contributed by atoms with Crippen molar-refractivity contribution in [2.45, 2.75) is 18.4 Å². The summed E-state index contributed by atoms with van der Waals surface area (Å²) < 4.78 is 29.7. The first-order valence-corrected chi connectivity index (χ1v) is 9.59. The molecule has 0 fully saturated rings. The summed E-state index contributed by atoms with van der Waals surface area (Å²) in [5.41, 5.74) is 1.52. The van der Waals surface area contributed by atoms with Gasteiger partial charge in [0.1, 0.15) is 12.3 Å². The van der Waals surface area contributed by atoms with Gasteiger partial charge < -0.3 is 4.74 Å². The van der Waals surface area contributed by atoms with Gasteiger partial charge in [0.05, 0.1) is 16.2 Å². The van der Waals surface area contributed by atoms with Crippen LogP contribution in [0.15, 0.2) is 58.4 Å². The molecule has 0 unspecified atom stereocenters. The van der Waals surface area contributed by atoms with Crippen molar-refractivity contribution in [1.29, 1.82) is 0 Å². The second kappa shape index (κ2) is 6.72. The average Bonchev–Trinajstić information content (AvgIpc) is 2.59. The number of aryl methyl sites for hydroxylation is 1. The number of nitrogens with zero attached hydrogens (tertiary/aromatic N) is 2. The van der Waals surface area contributed by atoms with Crippen LogP contribution in [0.5, 0.6) is 0 Å². The lowest BCUT2D eigenvalue weighted by molar-refractivity contribution is 0.0467. The lowest BCUT2D eigenvalue weighted by Crippen LogP contribution is -2.17. The average molecular weight is 372 g/mol. The summed E-state index contributed by atoms with van der Waals surface area (Å²) >= 11 is 0. The molecule has 26 heavy (non-hydrogen) atoms. The van der Waals surface area contributed by atoms with Crippen LogP contribution >= 0.6 is 0 Å². The Kier molecular flexibility index (Phi) is 4.60. The van der Waals surface area contributed by atoms with E-state index in [-0.39, 0.29) is 22.6 Å². The van der Waals surface area contributed by atoms with E-state index in [9.17, 15) is 18.0 Å². The second-order valence-corrected chi connectivity index (χ2v) is 7.91. The minimum absolute atomic E-state index is 0.0318. The molecule has 0 aliphatic heterocycles. The highest BCUT2D eigenvalue weighted by molar-refractivity contribution is 7.90. The van der Waals surface area contributed by atoms with E-state index in [0.717, 1.165) is 11.8 Å². The Balaban J connectivity index is 1.81. The zero-order valence-corrected chi connectivity index (χ0v) is 15.0. The molecule has 8 heteroatoms. The topological polar surface area (TPSA) is 94.8 Å². The van der Waals surface area contributed by atoms with Gasteiger partial charge in [0.15, 0.2) is 9.84 Å². The van der Waals surface area contributed by atoms with E-state index < -0.39 is 15.8 Å². The fourth-order valence-corrected chi connectivity index (χ4v) is 3.08. The van der Waals surface area contributed by atoms with E-state index in [1.54, 1.807) is 12.3 Å². The predicted molar refractivity (Wildman–Crippen MR) is 94.9 cm³/mol. The number of sulfone groups is 1. The summed E-state index contributed by atoms with van der Waals surface area (Å²) in [5.74, 6) is -0.693. The highest BCUT2D eigenvalue weighted by Gasteiger charge is 2.13. The maximum absolute atomic E-state index is 12.2. The highest BCUT2D eigenvalue weighted by Crippen LogP contribution is 2.13. The molecule has 0 N–H and O–H groups in total. The van der Waals surface area contributed by atoms with Gasteiger partial charge in [-0.1, -0.05) is 12.1 Å². The molecule has 1 aromatic carbocycles. The molecule has 0 spiro atoms. The molecule has 0 amide bonds. The smallest absolute Gasteiger partial charge is 0.338 e. The van der Waals surface area contributed by atoms with Gasteiger partial charge in [0.25, 0.3) is 5.56 Å². The minimum atomic E-state index is -3.42. The third-order valence-electron chi connectivity index (χ3n) is 3.71. The van der Waals surface area contributed by atoms with Crippen molar-refractivity contribution < 1.29 is 17.9 Å². The van der Waals surface area contributed by atoms with Crippen LogP contribution < -0.4 is 5.56 Å². The number of esters is 1. The number of benzene rings is 1. The quantitative estimate of drug-likeness (QED) is 0.648. The number of ether oxygens (including phenoxy) is 1. The number of rotatable bonds is 4. The molecule has 0 saturated heterocycles. The highest BCUT2D eigenvalue weighted by atomic mass is 32.2. The van der Waals surface area contributed by atoms with Crippen LogP contribution in [0.4, 0.5) is 0 Å². The van der Waals surface area contributed by atoms with Crippen LogP contribution in [0, 0.1) is 6.92 Å². The molecule has 2 heterocycles. The largest absolute Gasteiger partial charge is 0.456 e. The summed E-state index contributed by atoms with van der Waals surface area (Å²) in [5, 5.41) is 0. The first-order valence-electron chi connectivity index (χ1n) is 7.70. The number of fused-ring (bicyclic) bond motifs is 1. The fraction of sp³-hybridized carbons (Fsp3) is 0.167. The van der Waals surface area contributed by atoms with Gasteiger partial charge in [-0.2, -0.15) is 0 Å². The Morgan fingerprint density at radius 3 is 2.69 bits per heavy atom. The lowest BCUT2D eigenvalue weighted by atomic mass is 10.2. The summed E-state index contributed by atoms with van der Waals surface area (Å²) in [6.45, 7) is 1.67. The summed E-state index contributed by atoms with van der Waals surface area (Å²) in [4.78, 5) is 28.6. The Labute approximate surface area is 149 Å². The van der Waals surface area contributed by atoms with Crippen LogP contribution in [-0.4, -0.2) is 30.0 Å². The Hall–Kier alpha value is -3.00. The van der Waals surface area contributed by atoms with Crippen molar-refractivity contribution in [2.24, 2.45) is 0 Å². The normalized spacial score (nSPS) is 11.5. The van der Waals surface area contributed by atoms with Gasteiger partial charge in [-0.25, -0.2) is 18.2 Å². The number of carbonyl (C=O) groups is 1. The SMILES string of the molecule is Cc1ccc2nc(COC(=O)c3cccc(S(C)(=O)=O)c3)cc(=O)n2c1. The van der Waals surface area contributed by atoms with E-state index in [1.165, 1.54) is 34.7 Å². The van der Waals surface area contributed by atoms with Crippen molar-refractivity contribution >= 4 is 21.5 Å². The summed E-state index contributed by atoms with van der Waals surface area (Å²) in [6, 6.07) is 10.4. The molecule has 0 saturated carbocycles. The third kappa shape index (κ3) is 3.80. The van der Waals surface area contributed by atoms with E-state index in [4.69, 9.17) is 4.74 Å². The summed E-state index contributed by atoms with van der Waals surface area (Å²) in [7, 11) is -3.42. The van der Waals surface area contributed by atoms with Crippen LogP contribution in [-0.2, 0) is 21.2 Å². The van der Waals surface area contributed by atoms with Gasteiger partial charge >= 0.3 is 5.97 Å². The Bertz CT molecular complexity index is 1170. The van der Waals surface area contributed by atoms with Crippen LogP contribution in [0.3, 0.4) is 0 Å². The van der Waals surface area contributed by atoms with Crippen LogP contribution in [0.2, 0.25) is 0 Å². The molecule has 0 aliphatic carbocycles. The summed E-state index contributed by atoms with van der Waals surface area (Å²) in [6.07, 6.45) is 2.74. The van der Waals surface area contributed by atoms with Gasteiger partial charge in [-0.3, -0.25) is 9.20 Å². The number of aromatic nitrogens is 2. The van der Waals surface area contributed by atoms with Gasteiger partial charge in [-0.15, -0.1) is 0 Å². The van der Waals surface area contributed by atoms with Crippen molar-refractivity contribution in [3.05, 3.63) is 75.8 Å². The first-order chi connectivity index (χ1) is 12.2. The molecule has 134 valence electrons. The van der Waals surface area contributed by atoms with Crippen molar-refractivity contribution in [2.75, 3.05) is 6.26 Å². The van der Waals surface area contributed by atoms with Gasteiger partial charge in [0, 0.05) is 18.5 Å². The molecule has 3 aromatic rings. The second-order valence-electron chi connectivity index (χ2n) is 5.90. The van der Waals surface area contributed by atoms with Gasteiger partial charge in [0.2, 0.25) is 0 Å². The standard InChI is InChI=1S/C18H16N2O5S/c1-12-6-7-16-19-14(9-17(21)20(16)10-12)11-25-18(22)13-4-3-5-15(8-13)26(2,23)24/h3-10H,11H2,1-2H3. The molecule has 2 aromatic heterocycles. The lowest BCUT2D eigenvalue weighted by Gasteiger charge is -2.07. The maximum Gasteiger partial charge on any atom is 0.338 e. The predicted octanol–water partition coefficient (Wildman–Crippen LogP) is 1.76. The Morgan fingerprint density at radius 2 is 1.96 bits per heavy atom. The minimum Gasteiger partial charge on any atom is -0.456 e. The number of hydrogen-bond donors (Lipinski definition) is 0. The van der Waals surface area contributed by atoms with E-state index in [0.29, 0.717) is 11.3 Å². The molecule has 0 atom stereocenters. The molecule has 0 bridgehead atoms. The number of hydrogen-bond acceptors (Lipinski definition) is 6. The maximum atomic E-state index is 12.2. The van der Waals surface area contributed by atoms with Crippen LogP contribution in [0.1, 0.15) is 21.6 Å². The van der Waals surface area contributed by atoms with Crippen LogP contribution in [0.25, 0.3) is 5.65 Å². The number of carbonyl (C=O) groups excluding carboxylic acids is 1. The van der Waals surface area contributed by atoms with Crippen molar-refractivity contribution in [1.82, 2.24) is 9.38 Å². The van der Waals surface area contributed by atoms with E-state index >= 15 is 0 Å². The number of pyridine rings is 1. The first kappa shape index (κ1) is 17.8. The van der Waals surface area contributed by atoms with E-state index in [2.05, 4.69) is 4.98 Å². The molecular formula is C18H16N2O5S. The van der Waals surface area contributed by atoms with Crippen molar-refractivity contribution in [3.63, 3.8) is 0 Å². The third-order valence-corrected chi connectivity index (χ3v) is 4.82. The molecule has 3 rings (SSSR count). The van der Waals surface area contributed by atoms with E-state index in [1.807, 2.05) is 13.0 Å². The molecule has 7 nitrogen and oxygen atoms in total. The molecule has 0 aliphatic rings. The van der Waals surface area contributed by atoms with Crippen molar-refractivity contribution in [3.8, 4) is 0 Å². The zero-order chi connectivity index (χ0) is 18.9. The zero-order valence-electron chi connectivity index (χ0n) is 14.2. The van der Waals surface area contributed by atoms with Gasteiger partial charge in [-0.05, 0) is 36.8 Å². The fourth-order valence-electron chi connectivity index (χ4n) is 2.41. The monoisotopic (exact) mass is 372 g/mol. The molecular weight excluding hydrogens is 356 g/mol.